The number of rotatable bonds is 18. The van der Waals surface area contributed by atoms with Crippen LogP contribution in [-0.4, -0.2) is 43.4 Å². The lowest BCUT2D eigenvalue weighted by molar-refractivity contribution is 0.0311. The molecular weight excluding hydrogens is 466 g/mol. The summed E-state index contributed by atoms with van der Waals surface area (Å²) in [5.74, 6) is 0. The molecule has 0 heterocycles. The summed E-state index contributed by atoms with van der Waals surface area (Å²) in [4.78, 5) is 12.5. The lowest BCUT2D eigenvalue weighted by Gasteiger charge is -2.41. The minimum absolute atomic E-state index is 0.0353. The Labute approximate surface area is 225 Å². The number of allylic oxidation sites excluding steroid dienone is 1. The molecule has 1 amide bonds. The third-order valence-corrected chi connectivity index (χ3v) is 11.7. The van der Waals surface area contributed by atoms with Gasteiger partial charge >= 0.3 is 6.09 Å². The molecule has 36 heavy (non-hydrogen) atoms. The zero-order valence-corrected chi connectivity index (χ0v) is 26.5. The molecule has 0 aromatic rings. The van der Waals surface area contributed by atoms with Gasteiger partial charge in [0, 0.05) is 0 Å². The molecule has 5 nitrogen and oxygen atoms in total. The summed E-state index contributed by atoms with van der Waals surface area (Å²) in [5, 5.41) is 13.9. The van der Waals surface area contributed by atoms with Crippen LogP contribution in [0.2, 0.25) is 18.1 Å². The first-order valence-electron chi connectivity index (χ1n) is 14.6. The number of amides is 1. The second-order valence-electron chi connectivity index (χ2n) is 13.0. The van der Waals surface area contributed by atoms with Crippen molar-refractivity contribution in [2.75, 3.05) is 0 Å². The monoisotopic (exact) mass is 527 g/mol. The highest BCUT2D eigenvalue weighted by molar-refractivity contribution is 6.74. The van der Waals surface area contributed by atoms with Crippen LogP contribution in [0, 0.1) is 0 Å². The number of carbonyl (C=O) groups is 1. The standard InChI is InChI=1S/C30H61NO4Si/c1-11-12-13-14-15-16-17-18-19-20-21-22-23-24-26(32)27(31-28(33)34-29(3,4)5)25(2)35-36(9,10)30(6,7)8/h23-27,32H,11-22H2,1-10H3,(H,31,33)/b24-23+/t25-,26-,27-/m0/s1. The molecule has 0 aliphatic heterocycles. The van der Waals surface area contributed by atoms with E-state index in [9.17, 15) is 9.90 Å². The van der Waals surface area contributed by atoms with Gasteiger partial charge in [0.2, 0.25) is 0 Å². The predicted molar refractivity (Wildman–Crippen MR) is 157 cm³/mol. The smallest absolute Gasteiger partial charge is 0.408 e. The first-order chi connectivity index (χ1) is 16.6. The number of nitrogens with one attached hydrogen (secondary N) is 1. The van der Waals surface area contributed by atoms with Gasteiger partial charge in [-0.3, -0.25) is 0 Å². The molecule has 0 radical (unpaired) electrons. The lowest BCUT2D eigenvalue weighted by atomic mass is 10.0. The van der Waals surface area contributed by atoms with Gasteiger partial charge < -0.3 is 19.6 Å². The van der Waals surface area contributed by atoms with E-state index in [-0.39, 0.29) is 11.1 Å². The molecule has 0 bridgehead atoms. The summed E-state index contributed by atoms with van der Waals surface area (Å²) in [5.41, 5.74) is -0.603. The Morgan fingerprint density at radius 2 is 1.36 bits per heavy atom. The van der Waals surface area contributed by atoms with Crippen molar-refractivity contribution in [3.63, 3.8) is 0 Å². The topological polar surface area (TPSA) is 67.8 Å². The third kappa shape index (κ3) is 16.8. The molecule has 0 aliphatic rings. The molecule has 2 N–H and O–H groups in total. The van der Waals surface area contributed by atoms with Crippen LogP contribution in [0.1, 0.15) is 132 Å². The molecule has 0 unspecified atom stereocenters. The van der Waals surface area contributed by atoms with Crippen molar-refractivity contribution in [3.8, 4) is 0 Å². The van der Waals surface area contributed by atoms with Crippen molar-refractivity contribution in [1.29, 1.82) is 0 Å². The molecule has 0 aromatic heterocycles. The normalized spacial score (nSPS) is 15.6. The van der Waals surface area contributed by atoms with Crippen molar-refractivity contribution >= 4 is 14.4 Å². The van der Waals surface area contributed by atoms with E-state index in [4.69, 9.17) is 9.16 Å². The van der Waals surface area contributed by atoms with Gasteiger partial charge in [-0.25, -0.2) is 4.79 Å². The predicted octanol–water partition coefficient (Wildman–Crippen LogP) is 8.91. The molecule has 6 heteroatoms. The maximum Gasteiger partial charge on any atom is 0.408 e. The first-order valence-corrected chi connectivity index (χ1v) is 17.5. The van der Waals surface area contributed by atoms with Gasteiger partial charge in [0.05, 0.1) is 18.2 Å². The fourth-order valence-corrected chi connectivity index (χ4v) is 5.35. The summed E-state index contributed by atoms with van der Waals surface area (Å²) >= 11 is 0. The Hall–Kier alpha value is -0.853. The van der Waals surface area contributed by atoms with Crippen molar-refractivity contribution in [3.05, 3.63) is 12.2 Å². The lowest BCUT2D eigenvalue weighted by Crippen LogP contribution is -2.55. The van der Waals surface area contributed by atoms with E-state index in [1.807, 2.05) is 39.8 Å². The highest BCUT2D eigenvalue weighted by Crippen LogP contribution is 2.37. The fourth-order valence-electron chi connectivity index (χ4n) is 3.92. The van der Waals surface area contributed by atoms with Crippen molar-refractivity contribution in [2.24, 2.45) is 0 Å². The Bertz CT molecular complexity index is 607. The van der Waals surface area contributed by atoms with Gasteiger partial charge in [0.25, 0.3) is 0 Å². The van der Waals surface area contributed by atoms with Crippen LogP contribution in [0.3, 0.4) is 0 Å². The molecule has 3 atom stereocenters. The molecule has 0 rings (SSSR count). The summed E-state index contributed by atoms with van der Waals surface area (Å²) < 4.78 is 12.0. The number of unbranched alkanes of at least 4 members (excludes halogenated alkanes) is 11. The van der Waals surface area contributed by atoms with Gasteiger partial charge in [-0.05, 0) is 58.7 Å². The van der Waals surface area contributed by atoms with E-state index < -0.39 is 32.2 Å². The van der Waals surface area contributed by atoms with Crippen molar-refractivity contribution < 1.29 is 19.1 Å². The van der Waals surface area contributed by atoms with E-state index in [0.717, 1.165) is 12.8 Å². The SMILES string of the molecule is CCCCCCCCCCCCC/C=C/[C@H](O)[C@@H](NC(=O)OC(C)(C)C)[C@H](C)O[Si](C)(C)C(C)(C)C. The largest absolute Gasteiger partial charge is 0.444 e. The number of carbonyl (C=O) groups excluding carboxylic acids is 1. The number of hydrogen-bond acceptors (Lipinski definition) is 4. The second kappa shape index (κ2) is 17.6. The van der Waals surface area contributed by atoms with Gasteiger partial charge in [-0.15, -0.1) is 0 Å². The number of alkyl carbamates (subject to hydrolysis) is 1. The molecule has 0 aliphatic carbocycles. The van der Waals surface area contributed by atoms with Crippen LogP contribution in [0.4, 0.5) is 4.79 Å². The summed E-state index contributed by atoms with van der Waals surface area (Å²) in [7, 11) is -2.07. The molecule has 214 valence electrons. The van der Waals surface area contributed by atoms with Crippen molar-refractivity contribution in [2.45, 2.75) is 174 Å². The van der Waals surface area contributed by atoms with Crippen LogP contribution in [0.15, 0.2) is 12.2 Å². The fraction of sp³-hybridized carbons (Fsp3) is 0.900. The first kappa shape index (κ1) is 35.1. The average Bonchev–Trinajstić information content (AvgIpc) is 2.72. The molecule has 0 spiro atoms. The Morgan fingerprint density at radius 1 is 0.889 bits per heavy atom. The molecule has 0 fully saturated rings. The van der Waals surface area contributed by atoms with Crippen LogP contribution in [0.5, 0.6) is 0 Å². The van der Waals surface area contributed by atoms with Crippen molar-refractivity contribution in [1.82, 2.24) is 5.32 Å². The number of hydrogen-bond donors (Lipinski definition) is 2. The summed E-state index contributed by atoms with van der Waals surface area (Å²) in [6.07, 6.45) is 17.6. The van der Waals surface area contributed by atoms with Crippen LogP contribution in [0.25, 0.3) is 0 Å². The zero-order chi connectivity index (χ0) is 27.8. The Morgan fingerprint density at radius 3 is 1.81 bits per heavy atom. The van der Waals surface area contributed by atoms with E-state index in [2.05, 4.69) is 46.1 Å². The van der Waals surface area contributed by atoms with Gasteiger partial charge in [0.15, 0.2) is 8.32 Å². The minimum atomic E-state index is -2.07. The second-order valence-corrected chi connectivity index (χ2v) is 17.8. The van der Waals surface area contributed by atoms with Gasteiger partial charge in [0.1, 0.15) is 5.60 Å². The highest BCUT2D eigenvalue weighted by atomic mass is 28.4. The zero-order valence-electron chi connectivity index (χ0n) is 25.5. The minimum Gasteiger partial charge on any atom is -0.444 e. The van der Waals surface area contributed by atoms with Crippen LogP contribution >= 0.6 is 0 Å². The van der Waals surface area contributed by atoms with Gasteiger partial charge in [-0.2, -0.15) is 0 Å². The number of ether oxygens (including phenoxy) is 1. The maximum absolute atomic E-state index is 12.5. The van der Waals surface area contributed by atoms with Crippen LogP contribution < -0.4 is 5.32 Å². The summed E-state index contributed by atoms with van der Waals surface area (Å²) in [6, 6.07) is -0.581. The average molecular weight is 528 g/mol. The van der Waals surface area contributed by atoms with E-state index in [1.165, 1.54) is 64.2 Å². The Kier molecular flexibility index (Phi) is 17.2. The highest BCUT2D eigenvalue weighted by Gasteiger charge is 2.41. The molecule has 0 aromatic carbocycles. The van der Waals surface area contributed by atoms with E-state index in [1.54, 1.807) is 0 Å². The quantitative estimate of drug-likeness (QED) is 0.106. The molecule has 0 saturated heterocycles. The summed E-state index contributed by atoms with van der Waals surface area (Å²) in [6.45, 7) is 20.6. The van der Waals surface area contributed by atoms with E-state index in [0.29, 0.717) is 0 Å². The van der Waals surface area contributed by atoms with Gasteiger partial charge in [-0.1, -0.05) is 104 Å². The van der Waals surface area contributed by atoms with E-state index >= 15 is 0 Å². The Balaban J connectivity index is 4.68. The van der Waals surface area contributed by atoms with Crippen LogP contribution in [-0.2, 0) is 9.16 Å². The molecular formula is C30H61NO4Si. The maximum atomic E-state index is 12.5. The third-order valence-electron chi connectivity index (χ3n) is 7.15. The number of aliphatic hydroxyl groups is 1. The number of aliphatic hydroxyl groups excluding tert-OH is 1. The molecule has 0 saturated carbocycles.